The zero-order valence-corrected chi connectivity index (χ0v) is 12.3. The Hall–Kier alpha value is -1.40. The highest BCUT2D eigenvalue weighted by atomic mass is 19.1. The Balaban J connectivity index is 2.41. The van der Waals surface area contributed by atoms with Crippen molar-refractivity contribution in [3.05, 3.63) is 29.1 Å². The minimum Gasteiger partial charge on any atom is -0.478 e. The molecule has 2 rings (SSSR count). The number of hydrogen-bond donors (Lipinski definition) is 1. The summed E-state index contributed by atoms with van der Waals surface area (Å²) >= 11 is 0. The topological polar surface area (TPSA) is 55.8 Å². The summed E-state index contributed by atoms with van der Waals surface area (Å²) in [6, 6.07) is 2.49. The van der Waals surface area contributed by atoms with Crippen molar-refractivity contribution >= 4 is 18.6 Å². The molecule has 0 unspecified atom stereocenters. The van der Waals surface area contributed by atoms with Gasteiger partial charge in [0.05, 0.1) is 16.8 Å². The monoisotopic (exact) mass is 280 g/mol. The maximum Gasteiger partial charge on any atom is 0.497 e. The van der Waals surface area contributed by atoms with Crippen LogP contribution in [0.25, 0.3) is 0 Å². The van der Waals surface area contributed by atoms with Crippen LogP contribution in [0.3, 0.4) is 0 Å². The van der Waals surface area contributed by atoms with E-state index in [0.29, 0.717) is 5.56 Å². The molecule has 20 heavy (non-hydrogen) atoms. The van der Waals surface area contributed by atoms with Crippen molar-refractivity contribution < 1.29 is 23.6 Å². The number of benzene rings is 1. The van der Waals surface area contributed by atoms with Crippen molar-refractivity contribution in [2.75, 3.05) is 0 Å². The molecule has 0 spiro atoms. The summed E-state index contributed by atoms with van der Waals surface area (Å²) in [7, 11) is -0.832. The van der Waals surface area contributed by atoms with Crippen LogP contribution in [-0.2, 0) is 9.31 Å². The number of carboxylic acids is 1. The number of aryl methyl sites for hydroxylation is 1. The first-order valence-corrected chi connectivity index (χ1v) is 6.44. The molecule has 1 heterocycles. The highest BCUT2D eigenvalue weighted by Crippen LogP contribution is 2.36. The Labute approximate surface area is 118 Å². The first kappa shape index (κ1) is 15.0. The zero-order valence-electron chi connectivity index (χ0n) is 12.3. The smallest absolute Gasteiger partial charge is 0.478 e. The molecule has 1 aromatic carbocycles. The van der Waals surface area contributed by atoms with E-state index in [1.807, 2.05) is 27.7 Å². The highest BCUT2D eigenvalue weighted by Gasteiger charge is 2.52. The lowest BCUT2D eigenvalue weighted by Crippen LogP contribution is -2.41. The Kier molecular flexibility index (Phi) is 3.43. The third-order valence-electron chi connectivity index (χ3n) is 4.08. The van der Waals surface area contributed by atoms with Gasteiger partial charge in [-0.05, 0) is 46.2 Å². The van der Waals surface area contributed by atoms with Gasteiger partial charge in [0.2, 0.25) is 0 Å². The number of halogens is 1. The lowest BCUT2D eigenvalue weighted by Gasteiger charge is -2.32. The molecule has 0 radical (unpaired) electrons. The van der Waals surface area contributed by atoms with E-state index < -0.39 is 30.1 Å². The number of hydrogen-bond acceptors (Lipinski definition) is 3. The van der Waals surface area contributed by atoms with Crippen molar-refractivity contribution in [3.63, 3.8) is 0 Å². The number of carbonyl (C=O) groups is 1. The van der Waals surface area contributed by atoms with Crippen LogP contribution in [0.15, 0.2) is 12.1 Å². The van der Waals surface area contributed by atoms with Crippen LogP contribution < -0.4 is 5.46 Å². The van der Waals surface area contributed by atoms with Crippen LogP contribution >= 0.6 is 0 Å². The first-order chi connectivity index (χ1) is 9.05. The number of aromatic carboxylic acids is 1. The van der Waals surface area contributed by atoms with Crippen LogP contribution in [0, 0.1) is 12.7 Å². The van der Waals surface area contributed by atoms with Gasteiger partial charge in [0, 0.05) is 5.46 Å². The van der Waals surface area contributed by atoms with E-state index in [0.717, 1.165) is 6.07 Å². The van der Waals surface area contributed by atoms with E-state index in [1.165, 1.54) is 6.07 Å². The van der Waals surface area contributed by atoms with Crippen LogP contribution in [-0.4, -0.2) is 29.4 Å². The second-order valence-electron chi connectivity index (χ2n) is 6.08. The summed E-state index contributed by atoms with van der Waals surface area (Å²) in [5.74, 6) is -1.78. The van der Waals surface area contributed by atoms with E-state index in [1.54, 1.807) is 6.92 Å². The van der Waals surface area contributed by atoms with Gasteiger partial charge < -0.3 is 14.4 Å². The average Bonchev–Trinajstić information content (AvgIpc) is 2.50. The predicted molar refractivity (Wildman–Crippen MR) is 73.8 cm³/mol. The molecule has 0 aromatic heterocycles. The molecule has 108 valence electrons. The molecular weight excluding hydrogens is 262 g/mol. The maximum absolute atomic E-state index is 14.1. The van der Waals surface area contributed by atoms with Crippen LogP contribution in [0.5, 0.6) is 0 Å². The summed E-state index contributed by atoms with van der Waals surface area (Å²) in [6.07, 6.45) is 0. The van der Waals surface area contributed by atoms with Crippen molar-refractivity contribution in [2.24, 2.45) is 0 Å². The summed E-state index contributed by atoms with van der Waals surface area (Å²) in [5.41, 5.74) is -0.481. The molecule has 0 amide bonds. The van der Waals surface area contributed by atoms with Crippen molar-refractivity contribution in [1.82, 2.24) is 0 Å². The molecule has 1 aliphatic rings. The molecule has 0 aliphatic carbocycles. The third-order valence-corrected chi connectivity index (χ3v) is 4.08. The molecule has 0 saturated carbocycles. The molecule has 4 nitrogen and oxygen atoms in total. The highest BCUT2D eigenvalue weighted by molar-refractivity contribution is 6.62. The van der Waals surface area contributed by atoms with Gasteiger partial charge in [0.25, 0.3) is 0 Å². The Morgan fingerprint density at radius 1 is 1.20 bits per heavy atom. The molecule has 0 atom stereocenters. The van der Waals surface area contributed by atoms with Gasteiger partial charge in [-0.2, -0.15) is 0 Å². The van der Waals surface area contributed by atoms with Crippen molar-refractivity contribution in [1.29, 1.82) is 0 Å². The second kappa shape index (κ2) is 4.57. The SMILES string of the molecule is Cc1cc(B2OC(C)(C)C(C)(C)O2)c(F)cc1C(=O)O. The van der Waals surface area contributed by atoms with E-state index in [9.17, 15) is 9.18 Å². The molecule has 1 N–H and O–H groups in total. The molecule has 6 heteroatoms. The zero-order chi connectivity index (χ0) is 15.3. The molecular formula is C14H18BFO4. The summed E-state index contributed by atoms with van der Waals surface area (Å²) < 4.78 is 25.7. The minimum atomic E-state index is -1.15. The van der Waals surface area contributed by atoms with Gasteiger partial charge in [-0.3, -0.25) is 0 Å². The van der Waals surface area contributed by atoms with Gasteiger partial charge in [-0.1, -0.05) is 6.07 Å². The predicted octanol–water partition coefficient (Wildman–Crippen LogP) is 2.13. The van der Waals surface area contributed by atoms with Crippen molar-refractivity contribution in [3.8, 4) is 0 Å². The minimum absolute atomic E-state index is 0.0530. The van der Waals surface area contributed by atoms with Gasteiger partial charge in [0.1, 0.15) is 5.82 Å². The maximum atomic E-state index is 14.1. The lowest BCUT2D eigenvalue weighted by molar-refractivity contribution is 0.00578. The quantitative estimate of drug-likeness (QED) is 0.843. The molecule has 1 saturated heterocycles. The molecule has 0 bridgehead atoms. The van der Waals surface area contributed by atoms with Gasteiger partial charge in [0.15, 0.2) is 0 Å². The Morgan fingerprint density at radius 3 is 2.15 bits per heavy atom. The van der Waals surface area contributed by atoms with E-state index in [2.05, 4.69) is 0 Å². The first-order valence-electron chi connectivity index (χ1n) is 6.44. The normalized spacial score (nSPS) is 20.2. The fourth-order valence-electron chi connectivity index (χ4n) is 2.08. The standard InChI is InChI=1S/C14H18BFO4/c1-8-6-10(11(16)7-9(8)12(17)18)15-19-13(2,3)14(4,5)20-15/h6-7H,1-5H3,(H,17,18). The molecule has 1 aliphatic heterocycles. The van der Waals surface area contributed by atoms with E-state index in [4.69, 9.17) is 14.4 Å². The second-order valence-corrected chi connectivity index (χ2v) is 6.08. The largest absolute Gasteiger partial charge is 0.497 e. The summed E-state index contributed by atoms with van der Waals surface area (Å²) in [4.78, 5) is 11.0. The van der Waals surface area contributed by atoms with Gasteiger partial charge in [-0.25, -0.2) is 9.18 Å². The Bertz CT molecular complexity index is 553. The van der Waals surface area contributed by atoms with Gasteiger partial charge in [-0.15, -0.1) is 0 Å². The van der Waals surface area contributed by atoms with Crippen LogP contribution in [0.4, 0.5) is 4.39 Å². The summed E-state index contributed by atoms with van der Waals surface area (Å²) in [5, 5.41) is 8.98. The molecule has 1 fully saturated rings. The van der Waals surface area contributed by atoms with Crippen LogP contribution in [0.2, 0.25) is 0 Å². The molecule has 1 aromatic rings. The third kappa shape index (κ3) is 2.34. The number of carboxylic acid groups (broad SMARTS) is 1. The fraction of sp³-hybridized carbons (Fsp3) is 0.500. The summed E-state index contributed by atoms with van der Waals surface area (Å²) in [6.45, 7) is 9.14. The fourth-order valence-corrected chi connectivity index (χ4v) is 2.08. The average molecular weight is 280 g/mol. The lowest BCUT2D eigenvalue weighted by atomic mass is 9.77. The van der Waals surface area contributed by atoms with E-state index in [-0.39, 0.29) is 11.0 Å². The van der Waals surface area contributed by atoms with E-state index >= 15 is 0 Å². The Morgan fingerprint density at radius 2 is 1.70 bits per heavy atom. The number of rotatable bonds is 2. The van der Waals surface area contributed by atoms with Crippen molar-refractivity contribution in [2.45, 2.75) is 45.8 Å². The van der Waals surface area contributed by atoms with Gasteiger partial charge >= 0.3 is 13.1 Å². The van der Waals surface area contributed by atoms with Crippen LogP contribution in [0.1, 0.15) is 43.6 Å².